The van der Waals surface area contributed by atoms with Crippen LogP contribution in [0.1, 0.15) is 36.0 Å². The zero-order valence-electron chi connectivity index (χ0n) is 14.4. The Kier molecular flexibility index (Phi) is 5.19. The molecule has 0 N–H and O–H groups in total. The van der Waals surface area contributed by atoms with Crippen molar-refractivity contribution in [2.24, 2.45) is 5.41 Å². The van der Waals surface area contributed by atoms with E-state index < -0.39 is 0 Å². The van der Waals surface area contributed by atoms with Gasteiger partial charge in [-0.1, -0.05) is 24.6 Å². The van der Waals surface area contributed by atoms with Gasteiger partial charge in [0, 0.05) is 31.7 Å². The molecule has 0 bridgehead atoms. The standard InChI is InChI=1S/C19H26N2O3/c1-24-18(23)19(8-5-9-19)10-11-20-12-14-21(15-13-20)17(22)16-6-3-2-4-7-16/h2-4,6-7H,5,8-15H2,1H3. The molecule has 2 fully saturated rings. The minimum absolute atomic E-state index is 0.0494. The molecule has 3 rings (SSSR count). The van der Waals surface area contributed by atoms with E-state index in [1.165, 1.54) is 7.11 Å². The normalized spacial score (nSPS) is 20.3. The summed E-state index contributed by atoms with van der Waals surface area (Å²) in [6, 6.07) is 9.45. The monoisotopic (exact) mass is 330 g/mol. The molecule has 1 aromatic carbocycles. The highest BCUT2D eigenvalue weighted by Crippen LogP contribution is 2.45. The van der Waals surface area contributed by atoms with Crippen LogP contribution in [0.4, 0.5) is 0 Å². The fourth-order valence-corrected chi connectivity index (χ4v) is 3.69. The van der Waals surface area contributed by atoms with Crippen molar-refractivity contribution in [1.29, 1.82) is 0 Å². The molecule has 24 heavy (non-hydrogen) atoms. The van der Waals surface area contributed by atoms with Gasteiger partial charge in [0.2, 0.25) is 0 Å². The van der Waals surface area contributed by atoms with E-state index in [1.54, 1.807) is 0 Å². The van der Waals surface area contributed by atoms with Crippen molar-refractivity contribution in [3.8, 4) is 0 Å². The summed E-state index contributed by atoms with van der Waals surface area (Å²) in [5.41, 5.74) is 0.510. The molecule has 0 spiro atoms. The van der Waals surface area contributed by atoms with Crippen LogP contribution in [0, 0.1) is 5.41 Å². The lowest BCUT2D eigenvalue weighted by atomic mass is 9.66. The van der Waals surface area contributed by atoms with Gasteiger partial charge in [0.05, 0.1) is 12.5 Å². The van der Waals surface area contributed by atoms with Crippen molar-refractivity contribution in [2.45, 2.75) is 25.7 Å². The summed E-state index contributed by atoms with van der Waals surface area (Å²) in [4.78, 5) is 28.7. The van der Waals surface area contributed by atoms with Gasteiger partial charge in [-0.15, -0.1) is 0 Å². The average molecular weight is 330 g/mol. The van der Waals surface area contributed by atoms with Crippen LogP contribution in [0.25, 0.3) is 0 Å². The van der Waals surface area contributed by atoms with Crippen molar-refractivity contribution in [1.82, 2.24) is 9.80 Å². The molecule has 1 aromatic rings. The Balaban J connectivity index is 1.47. The van der Waals surface area contributed by atoms with Gasteiger partial charge < -0.3 is 9.64 Å². The van der Waals surface area contributed by atoms with Crippen LogP contribution in [-0.2, 0) is 9.53 Å². The molecule has 1 amide bonds. The van der Waals surface area contributed by atoms with Crippen LogP contribution in [0.2, 0.25) is 0 Å². The number of hydrogen-bond donors (Lipinski definition) is 0. The van der Waals surface area contributed by atoms with E-state index in [1.807, 2.05) is 35.2 Å². The lowest BCUT2D eigenvalue weighted by molar-refractivity contribution is -0.159. The van der Waals surface area contributed by atoms with E-state index in [9.17, 15) is 9.59 Å². The second-order valence-electron chi connectivity index (χ2n) is 6.88. The molecule has 1 aliphatic carbocycles. The number of carbonyl (C=O) groups excluding carboxylic acids is 2. The highest BCUT2D eigenvalue weighted by Gasteiger charge is 2.45. The van der Waals surface area contributed by atoms with Crippen LogP contribution < -0.4 is 0 Å². The van der Waals surface area contributed by atoms with Gasteiger partial charge in [-0.25, -0.2) is 0 Å². The predicted molar refractivity (Wildman–Crippen MR) is 91.7 cm³/mol. The van der Waals surface area contributed by atoms with Crippen molar-refractivity contribution >= 4 is 11.9 Å². The summed E-state index contributed by atoms with van der Waals surface area (Å²) in [6.45, 7) is 4.14. The first-order chi connectivity index (χ1) is 11.6. The quantitative estimate of drug-likeness (QED) is 0.777. The zero-order valence-corrected chi connectivity index (χ0v) is 14.4. The molecular formula is C19H26N2O3. The molecule has 1 saturated carbocycles. The third kappa shape index (κ3) is 3.46. The van der Waals surface area contributed by atoms with Crippen molar-refractivity contribution in [2.75, 3.05) is 39.8 Å². The maximum absolute atomic E-state index is 12.5. The number of methoxy groups -OCH3 is 1. The molecule has 1 saturated heterocycles. The Hall–Kier alpha value is -1.88. The van der Waals surface area contributed by atoms with E-state index in [2.05, 4.69) is 4.90 Å². The molecule has 0 radical (unpaired) electrons. The first kappa shape index (κ1) is 17.0. The van der Waals surface area contributed by atoms with Gasteiger partial charge in [0.25, 0.3) is 5.91 Å². The number of carbonyl (C=O) groups is 2. The number of nitrogens with zero attached hydrogens (tertiary/aromatic N) is 2. The number of rotatable bonds is 5. The van der Waals surface area contributed by atoms with Crippen LogP contribution in [0.5, 0.6) is 0 Å². The summed E-state index contributed by atoms with van der Waals surface area (Å²) in [7, 11) is 1.48. The molecule has 1 heterocycles. The smallest absolute Gasteiger partial charge is 0.311 e. The molecule has 0 unspecified atom stereocenters. The Morgan fingerprint density at radius 3 is 2.29 bits per heavy atom. The van der Waals surface area contributed by atoms with Crippen LogP contribution in [0.3, 0.4) is 0 Å². The van der Waals surface area contributed by atoms with Crippen LogP contribution in [0.15, 0.2) is 30.3 Å². The summed E-state index contributed by atoms with van der Waals surface area (Å²) in [6.07, 6.45) is 3.89. The lowest BCUT2D eigenvalue weighted by Crippen LogP contribution is -2.50. The van der Waals surface area contributed by atoms with Crippen LogP contribution >= 0.6 is 0 Å². The second-order valence-corrected chi connectivity index (χ2v) is 6.88. The molecule has 5 heteroatoms. The minimum Gasteiger partial charge on any atom is -0.469 e. The van der Waals surface area contributed by atoms with E-state index in [0.717, 1.165) is 64.0 Å². The topological polar surface area (TPSA) is 49.9 Å². The van der Waals surface area contributed by atoms with Crippen molar-refractivity contribution in [3.05, 3.63) is 35.9 Å². The molecule has 0 aromatic heterocycles. The van der Waals surface area contributed by atoms with Gasteiger partial charge in [-0.2, -0.15) is 0 Å². The second kappa shape index (κ2) is 7.34. The summed E-state index contributed by atoms with van der Waals surface area (Å²) < 4.78 is 4.98. The van der Waals surface area contributed by atoms with Gasteiger partial charge in [-0.3, -0.25) is 14.5 Å². The average Bonchev–Trinajstić information content (AvgIpc) is 2.61. The minimum atomic E-state index is -0.244. The largest absolute Gasteiger partial charge is 0.469 e. The third-order valence-electron chi connectivity index (χ3n) is 5.52. The summed E-state index contributed by atoms with van der Waals surface area (Å²) in [5, 5.41) is 0. The lowest BCUT2D eigenvalue weighted by Gasteiger charge is -2.41. The van der Waals surface area contributed by atoms with Gasteiger partial charge in [0.15, 0.2) is 0 Å². The molecule has 0 atom stereocenters. The van der Waals surface area contributed by atoms with Gasteiger partial charge in [0.1, 0.15) is 0 Å². The molecule has 1 aliphatic heterocycles. The number of piperazine rings is 1. The fourth-order valence-electron chi connectivity index (χ4n) is 3.69. The summed E-state index contributed by atoms with van der Waals surface area (Å²) >= 11 is 0. The van der Waals surface area contributed by atoms with E-state index in [-0.39, 0.29) is 17.3 Å². The molecular weight excluding hydrogens is 304 g/mol. The maximum atomic E-state index is 12.5. The van der Waals surface area contributed by atoms with Crippen LogP contribution in [-0.4, -0.2) is 61.5 Å². The first-order valence-electron chi connectivity index (χ1n) is 8.80. The zero-order chi connectivity index (χ0) is 17.0. The first-order valence-corrected chi connectivity index (χ1v) is 8.80. The number of amides is 1. The number of esters is 1. The Labute approximate surface area is 143 Å². The van der Waals surface area contributed by atoms with Gasteiger partial charge in [-0.05, 0) is 37.9 Å². The highest BCUT2D eigenvalue weighted by atomic mass is 16.5. The van der Waals surface area contributed by atoms with E-state index >= 15 is 0 Å². The van der Waals surface area contributed by atoms with Crippen molar-refractivity contribution in [3.63, 3.8) is 0 Å². The summed E-state index contributed by atoms with van der Waals surface area (Å²) in [5.74, 6) is 0.0620. The fraction of sp³-hybridized carbons (Fsp3) is 0.579. The Morgan fingerprint density at radius 2 is 1.75 bits per heavy atom. The van der Waals surface area contributed by atoms with E-state index in [0.29, 0.717) is 0 Å². The third-order valence-corrected chi connectivity index (χ3v) is 5.52. The van der Waals surface area contributed by atoms with E-state index in [4.69, 9.17) is 4.74 Å². The van der Waals surface area contributed by atoms with Gasteiger partial charge >= 0.3 is 5.97 Å². The number of hydrogen-bond acceptors (Lipinski definition) is 4. The number of benzene rings is 1. The Bertz CT molecular complexity index is 576. The molecule has 130 valence electrons. The van der Waals surface area contributed by atoms with Crippen molar-refractivity contribution < 1.29 is 14.3 Å². The Morgan fingerprint density at radius 1 is 1.08 bits per heavy atom. The highest BCUT2D eigenvalue weighted by molar-refractivity contribution is 5.94. The molecule has 2 aliphatic rings. The SMILES string of the molecule is COC(=O)C1(CCN2CCN(C(=O)c3ccccc3)CC2)CCC1. The molecule has 5 nitrogen and oxygen atoms in total. The predicted octanol–water partition coefficient (Wildman–Crippen LogP) is 2.18. The maximum Gasteiger partial charge on any atom is 0.311 e. The number of ether oxygens (including phenoxy) is 1.